The van der Waals surface area contributed by atoms with Crippen LogP contribution in [0.1, 0.15) is 18.5 Å². The fraction of sp³-hybridized carbons (Fsp3) is 0.400. The summed E-state index contributed by atoms with van der Waals surface area (Å²) in [4.78, 5) is 3.87. The predicted molar refractivity (Wildman–Crippen MR) is 59.8 cm³/mol. The van der Waals surface area contributed by atoms with Gasteiger partial charge in [-0.2, -0.15) is 9.57 Å². The summed E-state index contributed by atoms with van der Waals surface area (Å²) >= 11 is 0. The van der Waals surface area contributed by atoms with Crippen molar-refractivity contribution in [1.29, 1.82) is 5.26 Å². The van der Waals surface area contributed by atoms with Crippen LogP contribution in [0.5, 0.6) is 0 Å². The van der Waals surface area contributed by atoms with Gasteiger partial charge in [0, 0.05) is 25.0 Å². The van der Waals surface area contributed by atoms with Crippen molar-refractivity contribution in [2.45, 2.75) is 13.0 Å². The molecule has 1 heterocycles. The molecule has 0 aliphatic carbocycles. The van der Waals surface area contributed by atoms with Crippen molar-refractivity contribution in [2.75, 3.05) is 12.8 Å². The van der Waals surface area contributed by atoms with Crippen LogP contribution < -0.4 is 0 Å². The highest BCUT2D eigenvalue weighted by molar-refractivity contribution is 7.89. The first-order valence-electron chi connectivity index (χ1n) is 4.78. The van der Waals surface area contributed by atoms with Gasteiger partial charge in [0.2, 0.25) is 10.0 Å². The lowest BCUT2D eigenvalue weighted by Crippen LogP contribution is -2.31. The summed E-state index contributed by atoms with van der Waals surface area (Å²) in [6.45, 7) is 1.55. The maximum absolute atomic E-state index is 11.6. The zero-order chi connectivity index (χ0) is 12.2. The highest BCUT2D eigenvalue weighted by Crippen LogP contribution is 2.20. The number of aromatic nitrogens is 1. The molecule has 1 atom stereocenters. The minimum Gasteiger partial charge on any atom is -0.264 e. The highest BCUT2D eigenvalue weighted by atomic mass is 32.2. The zero-order valence-electron chi connectivity index (χ0n) is 9.16. The molecule has 0 amide bonds. The molecule has 16 heavy (non-hydrogen) atoms. The quantitative estimate of drug-likeness (QED) is 0.783. The molecule has 86 valence electrons. The Kier molecular flexibility index (Phi) is 3.99. The van der Waals surface area contributed by atoms with Gasteiger partial charge in [-0.1, -0.05) is 6.07 Å². The van der Waals surface area contributed by atoms with Crippen molar-refractivity contribution in [1.82, 2.24) is 9.29 Å². The highest BCUT2D eigenvalue weighted by Gasteiger charge is 2.25. The second-order valence-electron chi connectivity index (χ2n) is 3.23. The molecule has 1 unspecified atom stereocenters. The van der Waals surface area contributed by atoms with Crippen LogP contribution in [-0.4, -0.2) is 30.5 Å². The Bertz CT molecular complexity index is 479. The third-order valence-electron chi connectivity index (χ3n) is 2.29. The summed E-state index contributed by atoms with van der Waals surface area (Å²) in [7, 11) is -1.97. The Hall–Kier alpha value is -1.45. The maximum Gasteiger partial charge on any atom is 0.215 e. The molecule has 1 aromatic heterocycles. The van der Waals surface area contributed by atoms with E-state index >= 15 is 0 Å². The monoisotopic (exact) mass is 239 g/mol. The van der Waals surface area contributed by atoms with E-state index in [1.165, 1.54) is 13.2 Å². The van der Waals surface area contributed by atoms with Gasteiger partial charge >= 0.3 is 0 Å². The summed E-state index contributed by atoms with van der Waals surface area (Å²) in [5.74, 6) is -0.0259. The number of sulfonamides is 1. The van der Waals surface area contributed by atoms with E-state index in [9.17, 15) is 8.42 Å². The average Bonchev–Trinajstić information content (AvgIpc) is 2.31. The topological polar surface area (TPSA) is 74.1 Å². The molecular formula is C10H13N3O2S. The lowest BCUT2D eigenvalue weighted by Gasteiger charge is -2.21. The second kappa shape index (κ2) is 5.05. The van der Waals surface area contributed by atoms with E-state index in [0.29, 0.717) is 5.56 Å². The first kappa shape index (κ1) is 12.6. The first-order valence-corrected chi connectivity index (χ1v) is 6.39. The lowest BCUT2D eigenvalue weighted by molar-refractivity contribution is 0.432. The average molecular weight is 239 g/mol. The SMILES string of the molecule is CCS(=O)(=O)N(C)C(C#N)c1cccnc1. The molecule has 1 aromatic rings. The van der Waals surface area contributed by atoms with Crippen molar-refractivity contribution in [2.24, 2.45) is 0 Å². The third kappa shape index (κ3) is 2.56. The molecule has 0 saturated carbocycles. The smallest absolute Gasteiger partial charge is 0.215 e. The lowest BCUT2D eigenvalue weighted by atomic mass is 10.1. The van der Waals surface area contributed by atoms with Gasteiger partial charge in [-0.15, -0.1) is 0 Å². The van der Waals surface area contributed by atoms with Gasteiger partial charge in [0.15, 0.2) is 0 Å². The number of nitrogens with zero attached hydrogens (tertiary/aromatic N) is 3. The van der Waals surface area contributed by atoms with E-state index in [4.69, 9.17) is 5.26 Å². The van der Waals surface area contributed by atoms with E-state index < -0.39 is 16.1 Å². The first-order chi connectivity index (χ1) is 7.53. The number of hydrogen-bond donors (Lipinski definition) is 0. The maximum atomic E-state index is 11.6. The minimum absolute atomic E-state index is 0.0259. The summed E-state index contributed by atoms with van der Waals surface area (Å²) < 4.78 is 24.3. The van der Waals surface area contributed by atoms with E-state index in [2.05, 4.69) is 4.98 Å². The Morgan fingerprint density at radius 1 is 1.62 bits per heavy atom. The molecule has 0 aliphatic heterocycles. The van der Waals surface area contributed by atoms with Gasteiger partial charge in [0.05, 0.1) is 11.8 Å². The van der Waals surface area contributed by atoms with Gasteiger partial charge in [-0.25, -0.2) is 8.42 Å². The van der Waals surface area contributed by atoms with Crippen molar-refractivity contribution < 1.29 is 8.42 Å². The van der Waals surface area contributed by atoms with Crippen LogP contribution >= 0.6 is 0 Å². The molecule has 6 heteroatoms. The summed E-state index contributed by atoms with van der Waals surface area (Å²) in [6.07, 6.45) is 3.07. The molecule has 0 N–H and O–H groups in total. The van der Waals surface area contributed by atoms with E-state index in [1.807, 2.05) is 6.07 Å². The fourth-order valence-corrected chi connectivity index (χ4v) is 2.17. The number of nitriles is 1. The number of rotatable bonds is 4. The van der Waals surface area contributed by atoms with Gasteiger partial charge in [-0.3, -0.25) is 4.98 Å². The molecule has 0 aromatic carbocycles. The third-order valence-corrected chi connectivity index (χ3v) is 4.11. The summed E-state index contributed by atoms with van der Waals surface area (Å²) in [5.41, 5.74) is 0.574. The molecule has 0 saturated heterocycles. The Labute approximate surface area is 95.4 Å². The standard InChI is InChI=1S/C10H13N3O2S/c1-3-16(14,15)13(2)10(7-11)9-5-4-6-12-8-9/h4-6,8,10H,3H2,1-2H3. The predicted octanol–water partition coefficient (Wildman–Crippen LogP) is 0.928. The molecule has 1 rings (SSSR count). The molecular weight excluding hydrogens is 226 g/mol. The number of pyridine rings is 1. The summed E-state index contributed by atoms with van der Waals surface area (Å²) in [5, 5.41) is 9.02. The van der Waals surface area contributed by atoms with Gasteiger partial charge in [-0.05, 0) is 13.0 Å². The van der Waals surface area contributed by atoms with Gasteiger partial charge in [0.25, 0.3) is 0 Å². The molecule has 0 fully saturated rings. The van der Waals surface area contributed by atoms with Crippen LogP contribution in [0.3, 0.4) is 0 Å². The Morgan fingerprint density at radius 2 is 2.31 bits per heavy atom. The normalized spacial score (nSPS) is 13.4. The molecule has 0 spiro atoms. The van der Waals surface area contributed by atoms with Crippen molar-refractivity contribution >= 4 is 10.0 Å². The number of hydrogen-bond acceptors (Lipinski definition) is 4. The van der Waals surface area contributed by atoms with Crippen LogP contribution in [0.25, 0.3) is 0 Å². The van der Waals surface area contributed by atoms with Crippen LogP contribution in [0, 0.1) is 11.3 Å². The van der Waals surface area contributed by atoms with Gasteiger partial charge in [0.1, 0.15) is 6.04 Å². The van der Waals surface area contributed by atoms with Gasteiger partial charge < -0.3 is 0 Å². The molecule has 5 nitrogen and oxygen atoms in total. The zero-order valence-corrected chi connectivity index (χ0v) is 9.98. The van der Waals surface area contributed by atoms with E-state index in [1.54, 1.807) is 25.3 Å². The van der Waals surface area contributed by atoms with Crippen LogP contribution in [0.2, 0.25) is 0 Å². The Morgan fingerprint density at radius 3 is 2.75 bits per heavy atom. The van der Waals surface area contributed by atoms with Crippen molar-refractivity contribution in [3.8, 4) is 6.07 Å². The van der Waals surface area contributed by atoms with Crippen LogP contribution in [0.4, 0.5) is 0 Å². The van der Waals surface area contributed by atoms with E-state index in [-0.39, 0.29) is 5.75 Å². The van der Waals surface area contributed by atoms with Crippen LogP contribution in [0.15, 0.2) is 24.5 Å². The molecule has 0 aliphatic rings. The van der Waals surface area contributed by atoms with Crippen LogP contribution in [-0.2, 0) is 10.0 Å². The largest absolute Gasteiger partial charge is 0.264 e. The van der Waals surface area contributed by atoms with E-state index in [0.717, 1.165) is 4.31 Å². The second-order valence-corrected chi connectivity index (χ2v) is 5.55. The van der Waals surface area contributed by atoms with Crippen molar-refractivity contribution in [3.05, 3.63) is 30.1 Å². The minimum atomic E-state index is -3.37. The fourth-order valence-electron chi connectivity index (χ4n) is 1.27. The Balaban J connectivity index is 3.07. The molecule has 0 bridgehead atoms. The van der Waals surface area contributed by atoms with Crippen molar-refractivity contribution in [3.63, 3.8) is 0 Å². The summed E-state index contributed by atoms with van der Waals surface area (Å²) in [6, 6.07) is 4.50. The molecule has 0 radical (unpaired) electrons.